The van der Waals surface area contributed by atoms with Crippen molar-refractivity contribution in [2.75, 3.05) is 39.5 Å². The molecule has 1 aliphatic carbocycles. The number of benzene rings is 3. The SMILES string of the molecule is COc1cc([C@@H]2c3cc4c(cc3[C@@H](O[C@@H]3O[C@@H]5CO[C@@H](C)O[C@H]5[C@H](O)[C@H]3O)[C@H]3COC(=O)[C@H]23)OCO4)cc(OC)c1O.O=C(CCCCCCC(=O)Nc1ccccc1)NO. The zero-order valence-electron chi connectivity index (χ0n) is 34.0. The zero-order chi connectivity index (χ0) is 43.2. The maximum absolute atomic E-state index is 13.4. The van der Waals surface area contributed by atoms with Crippen LogP contribution < -0.4 is 29.7 Å². The number of esters is 1. The number of phenolic OH excluding ortho intramolecular Hbond substituents is 1. The third-order valence-corrected chi connectivity index (χ3v) is 11.5. The molecule has 5 aliphatic rings. The maximum Gasteiger partial charge on any atom is 0.310 e. The fourth-order valence-corrected chi connectivity index (χ4v) is 8.46. The van der Waals surface area contributed by atoms with Gasteiger partial charge in [-0.25, -0.2) is 5.48 Å². The van der Waals surface area contributed by atoms with Gasteiger partial charge in [0.15, 0.2) is 35.6 Å². The first-order valence-corrected chi connectivity index (χ1v) is 20.3. The van der Waals surface area contributed by atoms with Crippen molar-refractivity contribution in [1.29, 1.82) is 0 Å². The molecule has 0 aromatic heterocycles. The molecule has 0 bridgehead atoms. The van der Waals surface area contributed by atoms with Gasteiger partial charge >= 0.3 is 5.97 Å². The molecular formula is C43H52N2O16. The summed E-state index contributed by atoms with van der Waals surface area (Å²) in [6, 6.07) is 16.3. The van der Waals surface area contributed by atoms with E-state index in [0.29, 0.717) is 41.0 Å². The van der Waals surface area contributed by atoms with E-state index in [1.165, 1.54) is 14.2 Å². The van der Waals surface area contributed by atoms with Gasteiger partial charge in [-0.05, 0) is 72.9 Å². The Morgan fingerprint density at radius 2 is 1.48 bits per heavy atom. The average molecular weight is 853 g/mol. The first-order valence-electron chi connectivity index (χ1n) is 20.3. The lowest BCUT2D eigenvalue weighted by molar-refractivity contribution is -0.364. The molecule has 4 heterocycles. The normalized spacial score (nSPS) is 28.2. The Balaban J connectivity index is 0.000000249. The number of rotatable bonds is 13. The van der Waals surface area contributed by atoms with Crippen molar-refractivity contribution in [1.82, 2.24) is 5.48 Å². The predicted octanol–water partition coefficient (Wildman–Crippen LogP) is 3.81. The number of fused-ring (bicyclic) bond motifs is 4. The van der Waals surface area contributed by atoms with Crippen molar-refractivity contribution in [2.24, 2.45) is 11.8 Å². The predicted molar refractivity (Wildman–Crippen MR) is 211 cm³/mol. The number of carbonyl (C=O) groups is 3. The van der Waals surface area contributed by atoms with Crippen LogP contribution in [0.3, 0.4) is 0 Å². The number of carbonyl (C=O) groups excluding carboxylic acids is 3. The molecule has 3 fully saturated rings. The summed E-state index contributed by atoms with van der Waals surface area (Å²) in [5.41, 5.74) is 4.42. The van der Waals surface area contributed by atoms with Crippen LogP contribution in [0.4, 0.5) is 5.69 Å². The van der Waals surface area contributed by atoms with Crippen LogP contribution in [0.5, 0.6) is 28.7 Å². The number of hydrogen-bond acceptors (Lipinski definition) is 16. The summed E-state index contributed by atoms with van der Waals surface area (Å²) in [6.07, 6.45) is -2.67. The summed E-state index contributed by atoms with van der Waals surface area (Å²) in [6.45, 7) is 1.93. The first-order chi connectivity index (χ1) is 29.5. The number of nitrogens with one attached hydrogen (secondary N) is 2. The molecule has 18 nitrogen and oxygen atoms in total. The second-order valence-corrected chi connectivity index (χ2v) is 15.4. The molecule has 61 heavy (non-hydrogen) atoms. The quantitative estimate of drug-likeness (QED) is 0.0620. The Labute approximate surface area is 351 Å². The lowest BCUT2D eigenvalue weighted by Crippen LogP contribution is -2.63. The number of hydrogen-bond donors (Lipinski definition) is 6. The fourth-order valence-electron chi connectivity index (χ4n) is 8.46. The fraction of sp³-hybridized carbons (Fsp3) is 0.512. The minimum Gasteiger partial charge on any atom is -0.502 e. The topological polar surface area (TPSA) is 239 Å². The minimum absolute atomic E-state index is 0.0132. The monoisotopic (exact) mass is 852 g/mol. The summed E-state index contributed by atoms with van der Waals surface area (Å²) in [5.74, 6) is -1.37. The first kappa shape index (κ1) is 43.9. The van der Waals surface area contributed by atoms with Crippen molar-refractivity contribution < 1.29 is 77.5 Å². The summed E-state index contributed by atoms with van der Waals surface area (Å²) in [7, 11) is 2.86. The van der Waals surface area contributed by atoms with E-state index in [1.54, 1.807) is 36.7 Å². The second kappa shape index (κ2) is 19.7. The molecule has 3 aromatic carbocycles. The van der Waals surface area contributed by atoms with Crippen molar-refractivity contribution in [3.63, 3.8) is 0 Å². The van der Waals surface area contributed by atoms with E-state index in [-0.39, 0.29) is 49.1 Å². The van der Waals surface area contributed by atoms with Crippen LogP contribution in [-0.4, -0.2) is 110 Å². The van der Waals surface area contributed by atoms with Crippen molar-refractivity contribution in [3.8, 4) is 28.7 Å². The molecule has 18 heteroatoms. The number of methoxy groups -OCH3 is 2. The van der Waals surface area contributed by atoms with Gasteiger partial charge < -0.3 is 63.3 Å². The zero-order valence-corrected chi connectivity index (χ0v) is 34.0. The van der Waals surface area contributed by atoms with E-state index in [2.05, 4.69) is 5.32 Å². The van der Waals surface area contributed by atoms with Gasteiger partial charge in [-0.3, -0.25) is 19.6 Å². The van der Waals surface area contributed by atoms with Crippen LogP contribution in [0.1, 0.15) is 74.2 Å². The van der Waals surface area contributed by atoms with E-state index in [0.717, 1.165) is 31.4 Å². The van der Waals surface area contributed by atoms with Crippen molar-refractivity contribution >= 4 is 23.5 Å². The summed E-state index contributed by atoms with van der Waals surface area (Å²) in [5, 5.41) is 43.6. The largest absolute Gasteiger partial charge is 0.502 e. The molecule has 8 rings (SSSR count). The van der Waals surface area contributed by atoms with Gasteiger partial charge in [-0.15, -0.1) is 0 Å². The number of hydroxylamine groups is 1. The highest BCUT2D eigenvalue weighted by Gasteiger charge is 2.56. The molecule has 0 saturated carbocycles. The highest BCUT2D eigenvalue weighted by Crippen LogP contribution is 2.57. The van der Waals surface area contributed by atoms with Gasteiger partial charge in [0.05, 0.1) is 39.5 Å². The maximum atomic E-state index is 13.4. The minimum atomic E-state index is -1.44. The standard InChI is InChI=1S/C29H32O13.C14H20N2O3/c1-11-36-9-20-27(40-11)24(31)25(32)29(41-20)42-26-14-7-17-16(38-10-39-17)6-13(14)21(22-15(26)8-37-28(22)33)12-4-18(34-2)23(30)19(5-12)35-3;17-13(15-12-8-4-3-5-9-12)10-6-1-2-7-11-14(18)16-19/h4-7,11,15,20-22,24-27,29-32H,8-10H2,1-3H3;3-5,8-9,19H,1-2,6-7,10-11H2,(H,15,17)(H,16,18)/t11-,15+,20-,21-,22+,24-,25-,26-,27-,29+;/m1./s1. The molecule has 3 aromatic rings. The van der Waals surface area contributed by atoms with Gasteiger partial charge in [-0.1, -0.05) is 31.0 Å². The highest BCUT2D eigenvalue weighted by atomic mass is 16.8. The third-order valence-electron chi connectivity index (χ3n) is 11.5. The number of ether oxygens (including phenoxy) is 9. The Kier molecular flexibility index (Phi) is 14.1. The Bertz CT molecular complexity index is 1990. The summed E-state index contributed by atoms with van der Waals surface area (Å²) >= 11 is 0. The Morgan fingerprint density at radius 3 is 2.13 bits per heavy atom. The van der Waals surface area contributed by atoms with E-state index >= 15 is 0 Å². The van der Waals surface area contributed by atoms with E-state index in [9.17, 15) is 29.7 Å². The number of unbranched alkanes of at least 4 members (excludes halogenated alkanes) is 3. The molecule has 4 aliphatic heterocycles. The van der Waals surface area contributed by atoms with Crippen molar-refractivity contribution in [2.45, 2.75) is 94.5 Å². The van der Waals surface area contributed by atoms with Crippen LogP contribution in [0.25, 0.3) is 0 Å². The molecule has 0 spiro atoms. The smallest absolute Gasteiger partial charge is 0.310 e. The number of anilines is 1. The Hall–Kier alpha value is -5.21. The number of amides is 2. The number of aliphatic hydroxyl groups is 2. The van der Waals surface area contributed by atoms with Gasteiger partial charge in [0.2, 0.25) is 24.4 Å². The molecule has 330 valence electrons. The number of aromatic hydroxyl groups is 1. The highest BCUT2D eigenvalue weighted by molar-refractivity contribution is 5.90. The van der Waals surface area contributed by atoms with Gasteiger partial charge in [0.25, 0.3) is 0 Å². The molecule has 2 amide bonds. The number of aliphatic hydroxyl groups excluding tert-OH is 2. The summed E-state index contributed by atoms with van der Waals surface area (Å²) < 4.78 is 51.5. The second-order valence-electron chi connectivity index (χ2n) is 15.4. The lowest BCUT2D eigenvalue weighted by Gasteiger charge is -2.47. The summed E-state index contributed by atoms with van der Waals surface area (Å²) in [4.78, 5) is 35.7. The number of phenols is 1. The molecular weight excluding hydrogens is 800 g/mol. The molecule has 0 radical (unpaired) electrons. The van der Waals surface area contributed by atoms with Crippen LogP contribution >= 0.6 is 0 Å². The molecule has 10 atom stereocenters. The van der Waals surface area contributed by atoms with Gasteiger partial charge in [-0.2, -0.15) is 0 Å². The van der Waals surface area contributed by atoms with Crippen molar-refractivity contribution in [3.05, 3.63) is 71.3 Å². The number of cyclic esters (lactones) is 1. The number of para-hydroxylation sites is 1. The Morgan fingerprint density at radius 1 is 0.820 bits per heavy atom. The third kappa shape index (κ3) is 9.65. The van der Waals surface area contributed by atoms with Gasteiger partial charge in [0, 0.05) is 30.4 Å². The molecule has 0 unspecified atom stereocenters. The van der Waals surface area contributed by atoms with E-state index in [4.69, 9.17) is 47.8 Å². The molecule has 3 saturated heterocycles. The van der Waals surface area contributed by atoms with Crippen LogP contribution in [-0.2, 0) is 38.1 Å². The van der Waals surface area contributed by atoms with Crippen LogP contribution in [0.2, 0.25) is 0 Å². The van der Waals surface area contributed by atoms with E-state index < -0.39 is 66.8 Å². The lowest BCUT2D eigenvalue weighted by atomic mass is 9.66. The van der Waals surface area contributed by atoms with Crippen LogP contribution in [0, 0.1) is 11.8 Å². The van der Waals surface area contributed by atoms with Gasteiger partial charge in [0.1, 0.15) is 24.4 Å². The average Bonchev–Trinajstić information content (AvgIpc) is 3.90. The molecule has 6 N–H and O–H groups in total. The van der Waals surface area contributed by atoms with Crippen LogP contribution in [0.15, 0.2) is 54.6 Å². The van der Waals surface area contributed by atoms with E-state index in [1.807, 2.05) is 30.3 Å².